The second-order valence-electron chi connectivity index (χ2n) is 8.76. The Bertz CT molecular complexity index is 894. The van der Waals surface area contributed by atoms with Crippen LogP contribution in [-0.2, 0) is 18.4 Å². The summed E-state index contributed by atoms with van der Waals surface area (Å²) in [6.45, 7) is 12.1. The molecule has 1 N–H and O–H groups in total. The molecule has 0 radical (unpaired) electrons. The second kappa shape index (κ2) is 11.3. The molecular formula is C29H37NO2. The van der Waals surface area contributed by atoms with E-state index >= 15 is 0 Å². The number of rotatable bonds is 11. The fourth-order valence-electron chi connectivity index (χ4n) is 4.05. The van der Waals surface area contributed by atoms with E-state index in [0.29, 0.717) is 19.4 Å². The highest BCUT2D eigenvalue weighted by Gasteiger charge is 2.30. The number of ether oxygens (including phenoxy) is 1. The van der Waals surface area contributed by atoms with E-state index in [4.69, 9.17) is 4.74 Å². The van der Waals surface area contributed by atoms with Crippen LogP contribution in [0.3, 0.4) is 0 Å². The molecule has 0 aliphatic heterocycles. The summed E-state index contributed by atoms with van der Waals surface area (Å²) in [5.74, 6) is 0.842. The smallest absolute Gasteiger partial charge is 0.119 e. The van der Waals surface area contributed by atoms with E-state index in [-0.39, 0.29) is 0 Å². The zero-order valence-electron chi connectivity index (χ0n) is 20.0. The third-order valence-corrected chi connectivity index (χ3v) is 6.20. The van der Waals surface area contributed by atoms with Crippen LogP contribution in [0, 0.1) is 13.8 Å². The van der Waals surface area contributed by atoms with Crippen LogP contribution in [0.4, 0.5) is 0 Å². The van der Waals surface area contributed by atoms with Crippen LogP contribution >= 0.6 is 0 Å². The lowest BCUT2D eigenvalue weighted by Gasteiger charge is -2.30. The first kappa shape index (κ1) is 24.0. The van der Waals surface area contributed by atoms with E-state index in [9.17, 15) is 5.11 Å². The molecule has 0 amide bonds. The highest BCUT2D eigenvalue weighted by Crippen LogP contribution is 2.31. The van der Waals surface area contributed by atoms with Gasteiger partial charge in [-0.1, -0.05) is 85.6 Å². The highest BCUT2D eigenvalue weighted by atomic mass is 16.5. The molecule has 32 heavy (non-hydrogen) atoms. The van der Waals surface area contributed by atoms with Crippen LogP contribution in [0.25, 0.3) is 0 Å². The van der Waals surface area contributed by atoms with Crippen LogP contribution in [-0.4, -0.2) is 36.2 Å². The van der Waals surface area contributed by atoms with Gasteiger partial charge in [0.25, 0.3) is 0 Å². The molecule has 3 aromatic carbocycles. The Morgan fingerprint density at radius 1 is 0.719 bits per heavy atom. The third-order valence-electron chi connectivity index (χ3n) is 6.20. The predicted molar refractivity (Wildman–Crippen MR) is 133 cm³/mol. The molecular weight excluding hydrogens is 394 g/mol. The van der Waals surface area contributed by atoms with E-state index in [1.165, 1.54) is 11.1 Å². The summed E-state index contributed by atoms with van der Waals surface area (Å²) in [5.41, 5.74) is 4.62. The lowest BCUT2D eigenvalue weighted by molar-refractivity contribution is 0.0370. The van der Waals surface area contributed by atoms with Gasteiger partial charge in [-0.25, -0.2) is 0 Å². The second-order valence-corrected chi connectivity index (χ2v) is 8.76. The van der Waals surface area contributed by atoms with E-state index < -0.39 is 5.60 Å². The maximum absolute atomic E-state index is 11.9. The fourth-order valence-corrected chi connectivity index (χ4v) is 4.05. The minimum Gasteiger partial charge on any atom is -0.492 e. The summed E-state index contributed by atoms with van der Waals surface area (Å²) in [6.07, 6.45) is 1.12. The average Bonchev–Trinajstić information content (AvgIpc) is 2.80. The van der Waals surface area contributed by atoms with E-state index in [1.54, 1.807) is 0 Å². The quantitative estimate of drug-likeness (QED) is 0.423. The zero-order valence-corrected chi connectivity index (χ0v) is 20.0. The molecule has 3 rings (SSSR count). The Hall–Kier alpha value is -2.62. The first-order valence-electron chi connectivity index (χ1n) is 11.7. The Balaban J connectivity index is 1.78. The van der Waals surface area contributed by atoms with E-state index in [0.717, 1.165) is 42.1 Å². The molecule has 3 heteroatoms. The number of nitrogens with zero attached hydrogens (tertiary/aromatic N) is 1. The maximum Gasteiger partial charge on any atom is 0.119 e. The van der Waals surface area contributed by atoms with Gasteiger partial charge in [-0.05, 0) is 55.8 Å². The third kappa shape index (κ3) is 6.69. The number of likely N-dealkylation sites (N-methyl/N-ethyl adjacent to an activating group) is 1. The van der Waals surface area contributed by atoms with Crippen LogP contribution in [0.1, 0.15) is 41.7 Å². The van der Waals surface area contributed by atoms with E-state index in [2.05, 4.69) is 81.1 Å². The van der Waals surface area contributed by atoms with Crippen molar-refractivity contribution in [3.8, 4) is 5.75 Å². The number of hydrogen-bond acceptors (Lipinski definition) is 3. The van der Waals surface area contributed by atoms with Crippen molar-refractivity contribution in [2.75, 3.05) is 26.2 Å². The summed E-state index contributed by atoms with van der Waals surface area (Å²) >= 11 is 0. The van der Waals surface area contributed by atoms with Crippen molar-refractivity contribution in [3.05, 3.63) is 101 Å². The Morgan fingerprint density at radius 3 is 1.62 bits per heavy atom. The van der Waals surface area contributed by atoms with E-state index in [1.807, 2.05) is 24.3 Å². The number of aryl methyl sites for hydroxylation is 2. The summed E-state index contributed by atoms with van der Waals surface area (Å²) in [7, 11) is 0. The molecule has 0 aliphatic rings. The molecule has 0 bridgehead atoms. The molecule has 3 nitrogen and oxygen atoms in total. The van der Waals surface area contributed by atoms with Gasteiger partial charge in [0, 0.05) is 19.4 Å². The molecule has 0 unspecified atom stereocenters. The number of hydrogen-bond donors (Lipinski definition) is 1. The van der Waals surface area contributed by atoms with Gasteiger partial charge in [-0.3, -0.25) is 0 Å². The number of benzene rings is 3. The highest BCUT2D eigenvalue weighted by molar-refractivity contribution is 5.35. The van der Waals surface area contributed by atoms with Gasteiger partial charge in [0.2, 0.25) is 0 Å². The summed E-state index contributed by atoms with van der Waals surface area (Å²) < 4.78 is 5.95. The SMILES string of the molecule is CCN(CC)CCOc1ccc(C(O)(Cc2ccc(C)cc2)Cc2ccc(C)cc2)cc1. The molecule has 0 spiro atoms. The zero-order chi connectivity index (χ0) is 23.0. The predicted octanol–water partition coefficient (Wildman–Crippen LogP) is 5.70. The lowest BCUT2D eigenvalue weighted by Crippen LogP contribution is -2.31. The molecule has 3 aromatic rings. The lowest BCUT2D eigenvalue weighted by atomic mass is 9.82. The van der Waals surface area contributed by atoms with Crippen LogP contribution < -0.4 is 4.74 Å². The Labute approximate surface area is 193 Å². The van der Waals surface area contributed by atoms with Gasteiger partial charge < -0.3 is 14.7 Å². The van der Waals surface area contributed by atoms with Gasteiger partial charge >= 0.3 is 0 Å². The average molecular weight is 432 g/mol. The van der Waals surface area contributed by atoms with Gasteiger partial charge in [-0.15, -0.1) is 0 Å². The topological polar surface area (TPSA) is 32.7 Å². The van der Waals surface area contributed by atoms with Crippen molar-refractivity contribution in [2.24, 2.45) is 0 Å². The van der Waals surface area contributed by atoms with Gasteiger partial charge in [-0.2, -0.15) is 0 Å². The largest absolute Gasteiger partial charge is 0.492 e. The molecule has 170 valence electrons. The van der Waals surface area contributed by atoms with Crippen molar-refractivity contribution in [2.45, 2.75) is 46.1 Å². The van der Waals surface area contributed by atoms with Crippen molar-refractivity contribution in [3.63, 3.8) is 0 Å². The fraction of sp³-hybridized carbons (Fsp3) is 0.379. The molecule has 0 fully saturated rings. The standard InChI is InChI=1S/C29H37NO2/c1-5-30(6-2)19-20-32-28-17-15-27(16-18-28)29(31,21-25-11-7-23(3)8-12-25)22-26-13-9-24(4)10-14-26/h7-18,31H,5-6,19-22H2,1-4H3. The summed E-state index contributed by atoms with van der Waals surface area (Å²) in [5, 5.41) is 11.9. The molecule has 0 atom stereocenters. The van der Waals surface area contributed by atoms with Crippen LogP contribution in [0.15, 0.2) is 72.8 Å². The normalized spacial score (nSPS) is 11.7. The molecule has 0 saturated carbocycles. The van der Waals surface area contributed by atoms with Gasteiger partial charge in [0.15, 0.2) is 0 Å². The number of aliphatic hydroxyl groups is 1. The van der Waals surface area contributed by atoms with Gasteiger partial charge in [0.1, 0.15) is 12.4 Å². The first-order valence-corrected chi connectivity index (χ1v) is 11.7. The van der Waals surface area contributed by atoms with Crippen LogP contribution in [0.2, 0.25) is 0 Å². The monoisotopic (exact) mass is 431 g/mol. The van der Waals surface area contributed by atoms with Crippen molar-refractivity contribution < 1.29 is 9.84 Å². The van der Waals surface area contributed by atoms with Crippen molar-refractivity contribution in [1.29, 1.82) is 0 Å². The molecule has 0 saturated heterocycles. The minimum absolute atomic E-state index is 0.559. The summed E-state index contributed by atoms with van der Waals surface area (Å²) in [6, 6.07) is 24.8. The molecule has 0 aliphatic carbocycles. The molecule has 0 aromatic heterocycles. The first-order chi connectivity index (χ1) is 15.4. The summed E-state index contributed by atoms with van der Waals surface area (Å²) in [4.78, 5) is 2.34. The molecule has 0 heterocycles. The van der Waals surface area contributed by atoms with Gasteiger partial charge in [0.05, 0.1) is 5.60 Å². The Kier molecular flexibility index (Phi) is 8.49. The maximum atomic E-state index is 11.9. The Morgan fingerprint density at radius 2 is 1.19 bits per heavy atom. The van der Waals surface area contributed by atoms with Crippen molar-refractivity contribution >= 4 is 0 Å². The van der Waals surface area contributed by atoms with Crippen molar-refractivity contribution in [1.82, 2.24) is 4.90 Å². The minimum atomic E-state index is -0.996. The van der Waals surface area contributed by atoms with Crippen LogP contribution in [0.5, 0.6) is 5.75 Å².